The van der Waals surface area contributed by atoms with Crippen LogP contribution in [0.4, 0.5) is 0 Å². The molecule has 4 unspecified atom stereocenters. The molecular weight excluding hydrogens is 252 g/mol. The highest BCUT2D eigenvalue weighted by molar-refractivity contribution is 5.78. The lowest BCUT2D eigenvalue weighted by atomic mass is 10.00. The Kier molecular flexibility index (Phi) is 4.32. The second-order valence-corrected chi connectivity index (χ2v) is 6.91. The van der Waals surface area contributed by atoms with Crippen LogP contribution < -0.4 is 0 Å². The van der Waals surface area contributed by atoms with Gasteiger partial charge in [0, 0.05) is 31.6 Å². The lowest BCUT2D eigenvalue weighted by Crippen LogP contribution is -2.47. The van der Waals surface area contributed by atoms with Crippen LogP contribution in [-0.4, -0.2) is 59.1 Å². The average molecular weight is 280 g/mol. The molecule has 0 bridgehead atoms. The second-order valence-electron chi connectivity index (χ2n) is 6.91. The lowest BCUT2D eigenvalue weighted by Gasteiger charge is -2.36. The van der Waals surface area contributed by atoms with E-state index in [-0.39, 0.29) is 6.10 Å². The van der Waals surface area contributed by atoms with Crippen molar-refractivity contribution >= 4 is 5.91 Å². The van der Waals surface area contributed by atoms with Crippen LogP contribution in [0.3, 0.4) is 0 Å². The zero-order chi connectivity index (χ0) is 14.1. The van der Waals surface area contributed by atoms with Crippen LogP contribution >= 0.6 is 0 Å². The van der Waals surface area contributed by atoms with Crippen LogP contribution in [0.15, 0.2) is 0 Å². The Morgan fingerprint density at radius 3 is 2.80 bits per heavy atom. The summed E-state index contributed by atoms with van der Waals surface area (Å²) in [4.78, 5) is 16.9. The van der Waals surface area contributed by atoms with Crippen molar-refractivity contribution in [2.24, 2.45) is 11.8 Å². The third kappa shape index (κ3) is 2.73. The van der Waals surface area contributed by atoms with Gasteiger partial charge < -0.3 is 10.0 Å². The normalized spacial score (nSPS) is 38.2. The standard InChI is InChI=1S/C16H28N2O2/c1-2-13-5-3-4-8-18(13)16(20)11-17-9-12-6-7-15(19)14(12)10-17/h12-15,19H,2-11H2,1H3. The van der Waals surface area contributed by atoms with Gasteiger partial charge in [-0.05, 0) is 44.4 Å². The van der Waals surface area contributed by atoms with Crippen molar-refractivity contribution in [2.45, 2.75) is 57.6 Å². The Hall–Kier alpha value is -0.610. The summed E-state index contributed by atoms with van der Waals surface area (Å²) in [6.07, 6.45) is 6.65. The van der Waals surface area contributed by atoms with Gasteiger partial charge in [-0.2, -0.15) is 0 Å². The molecule has 1 saturated carbocycles. The van der Waals surface area contributed by atoms with E-state index in [9.17, 15) is 9.90 Å². The van der Waals surface area contributed by atoms with Gasteiger partial charge in [0.15, 0.2) is 0 Å². The average Bonchev–Trinajstić information content (AvgIpc) is 3.01. The van der Waals surface area contributed by atoms with Gasteiger partial charge in [0.25, 0.3) is 0 Å². The molecule has 2 heterocycles. The number of fused-ring (bicyclic) bond motifs is 1. The van der Waals surface area contributed by atoms with E-state index < -0.39 is 0 Å². The van der Waals surface area contributed by atoms with Crippen molar-refractivity contribution in [2.75, 3.05) is 26.2 Å². The van der Waals surface area contributed by atoms with E-state index in [0.29, 0.717) is 30.3 Å². The maximum Gasteiger partial charge on any atom is 0.236 e. The van der Waals surface area contributed by atoms with Gasteiger partial charge in [0.05, 0.1) is 12.6 Å². The molecule has 0 aromatic rings. The molecular formula is C16H28N2O2. The largest absolute Gasteiger partial charge is 0.393 e. The second kappa shape index (κ2) is 6.02. The molecule has 0 spiro atoms. The molecule has 4 heteroatoms. The SMILES string of the molecule is CCC1CCCCN1C(=O)CN1CC2CCC(O)C2C1. The highest BCUT2D eigenvalue weighted by Gasteiger charge is 2.42. The van der Waals surface area contributed by atoms with Gasteiger partial charge in [0.2, 0.25) is 5.91 Å². The minimum absolute atomic E-state index is 0.126. The van der Waals surface area contributed by atoms with Crippen LogP contribution in [0.25, 0.3) is 0 Å². The number of nitrogens with zero attached hydrogens (tertiary/aromatic N) is 2. The summed E-state index contributed by atoms with van der Waals surface area (Å²) in [6.45, 7) is 5.63. The van der Waals surface area contributed by atoms with Crippen LogP contribution in [0.5, 0.6) is 0 Å². The number of hydrogen-bond acceptors (Lipinski definition) is 3. The first-order valence-electron chi connectivity index (χ1n) is 8.39. The number of aliphatic hydroxyl groups is 1. The van der Waals surface area contributed by atoms with E-state index in [1.807, 2.05) is 0 Å². The number of aliphatic hydroxyl groups excluding tert-OH is 1. The lowest BCUT2D eigenvalue weighted by molar-refractivity contribution is -0.136. The fourth-order valence-electron chi connectivity index (χ4n) is 4.49. The first-order chi connectivity index (χ1) is 9.69. The number of rotatable bonds is 3. The van der Waals surface area contributed by atoms with Crippen molar-refractivity contribution in [1.29, 1.82) is 0 Å². The summed E-state index contributed by atoms with van der Waals surface area (Å²) >= 11 is 0. The van der Waals surface area contributed by atoms with Crippen LogP contribution in [0, 0.1) is 11.8 Å². The predicted molar refractivity (Wildman–Crippen MR) is 78.3 cm³/mol. The highest BCUT2D eigenvalue weighted by Crippen LogP contribution is 2.38. The van der Waals surface area contributed by atoms with Crippen molar-refractivity contribution in [3.63, 3.8) is 0 Å². The predicted octanol–water partition coefficient (Wildman–Crippen LogP) is 1.48. The minimum atomic E-state index is -0.126. The topological polar surface area (TPSA) is 43.8 Å². The Labute approximate surface area is 122 Å². The summed E-state index contributed by atoms with van der Waals surface area (Å²) in [5.74, 6) is 1.36. The molecule has 20 heavy (non-hydrogen) atoms. The Bertz CT molecular complexity index is 360. The van der Waals surface area contributed by atoms with Crippen LogP contribution in [0.1, 0.15) is 45.4 Å². The van der Waals surface area contributed by atoms with Crippen molar-refractivity contribution in [3.05, 3.63) is 0 Å². The molecule has 4 atom stereocenters. The van der Waals surface area contributed by atoms with Gasteiger partial charge in [0.1, 0.15) is 0 Å². The molecule has 0 aromatic heterocycles. The maximum atomic E-state index is 12.5. The van der Waals surface area contributed by atoms with Crippen molar-refractivity contribution < 1.29 is 9.90 Å². The van der Waals surface area contributed by atoms with Crippen molar-refractivity contribution in [1.82, 2.24) is 9.80 Å². The molecule has 3 fully saturated rings. The smallest absolute Gasteiger partial charge is 0.236 e. The quantitative estimate of drug-likeness (QED) is 0.851. The molecule has 3 rings (SSSR count). The third-order valence-electron chi connectivity index (χ3n) is 5.67. The molecule has 0 aromatic carbocycles. The Balaban J connectivity index is 1.54. The molecule has 2 aliphatic heterocycles. The first-order valence-corrected chi connectivity index (χ1v) is 8.39. The van der Waals surface area contributed by atoms with Gasteiger partial charge >= 0.3 is 0 Å². The molecule has 1 N–H and O–H groups in total. The molecule has 1 aliphatic carbocycles. The first kappa shape index (κ1) is 14.3. The van der Waals surface area contributed by atoms with E-state index in [0.717, 1.165) is 45.3 Å². The zero-order valence-corrected chi connectivity index (χ0v) is 12.6. The molecule has 1 amide bonds. The molecule has 4 nitrogen and oxygen atoms in total. The van der Waals surface area contributed by atoms with Gasteiger partial charge in [-0.25, -0.2) is 0 Å². The zero-order valence-electron chi connectivity index (χ0n) is 12.6. The van der Waals surface area contributed by atoms with E-state index in [4.69, 9.17) is 0 Å². The number of carbonyl (C=O) groups is 1. The summed E-state index contributed by atoms with van der Waals surface area (Å²) in [5, 5.41) is 9.96. The Morgan fingerprint density at radius 1 is 1.20 bits per heavy atom. The molecule has 114 valence electrons. The summed E-state index contributed by atoms with van der Waals surface area (Å²) in [5.41, 5.74) is 0. The van der Waals surface area contributed by atoms with Crippen LogP contribution in [-0.2, 0) is 4.79 Å². The summed E-state index contributed by atoms with van der Waals surface area (Å²) < 4.78 is 0. The number of hydrogen-bond donors (Lipinski definition) is 1. The van der Waals surface area contributed by atoms with E-state index in [1.54, 1.807) is 0 Å². The highest BCUT2D eigenvalue weighted by atomic mass is 16.3. The van der Waals surface area contributed by atoms with Gasteiger partial charge in [-0.1, -0.05) is 6.92 Å². The number of piperidine rings is 1. The van der Waals surface area contributed by atoms with Gasteiger partial charge in [-0.15, -0.1) is 0 Å². The fourth-order valence-corrected chi connectivity index (χ4v) is 4.49. The summed E-state index contributed by atoms with van der Waals surface area (Å²) in [7, 11) is 0. The van der Waals surface area contributed by atoms with Gasteiger partial charge in [-0.3, -0.25) is 9.69 Å². The fraction of sp³-hybridized carbons (Fsp3) is 0.938. The number of amides is 1. The van der Waals surface area contributed by atoms with E-state index in [1.165, 1.54) is 12.8 Å². The minimum Gasteiger partial charge on any atom is -0.393 e. The summed E-state index contributed by atoms with van der Waals surface area (Å²) in [6, 6.07) is 0.462. The van der Waals surface area contributed by atoms with E-state index in [2.05, 4.69) is 16.7 Å². The molecule has 3 aliphatic rings. The number of carbonyl (C=O) groups excluding carboxylic acids is 1. The van der Waals surface area contributed by atoms with Crippen LogP contribution in [0.2, 0.25) is 0 Å². The molecule has 0 radical (unpaired) electrons. The Morgan fingerprint density at radius 2 is 2.05 bits per heavy atom. The van der Waals surface area contributed by atoms with Crippen molar-refractivity contribution in [3.8, 4) is 0 Å². The monoisotopic (exact) mass is 280 g/mol. The third-order valence-corrected chi connectivity index (χ3v) is 5.67. The van der Waals surface area contributed by atoms with E-state index >= 15 is 0 Å². The number of likely N-dealkylation sites (tertiary alicyclic amines) is 2. The molecule has 2 saturated heterocycles. The maximum absolute atomic E-state index is 12.5.